The number of hydrogen-bond acceptors (Lipinski definition) is 3. The van der Waals surface area contributed by atoms with Gasteiger partial charge in [0.2, 0.25) is 0 Å². The van der Waals surface area contributed by atoms with E-state index in [4.69, 9.17) is 10.9 Å². The largest absolute Gasteiger partial charge is 0.409 e. The Balaban J connectivity index is 2.73. The summed E-state index contributed by atoms with van der Waals surface area (Å²) < 4.78 is 13.2. The second-order valence-corrected chi connectivity index (χ2v) is 5.32. The Bertz CT molecular complexity index is 462. The fourth-order valence-corrected chi connectivity index (χ4v) is 2.13. The fraction of sp³-hybridized carbons (Fsp3) is 0.533. The maximum absolute atomic E-state index is 13.2. The van der Waals surface area contributed by atoms with Gasteiger partial charge in [-0.25, -0.2) is 4.39 Å². The van der Waals surface area contributed by atoms with Crippen LogP contribution in [0.2, 0.25) is 0 Å². The number of amidine groups is 1. The second kappa shape index (κ2) is 7.85. The molecule has 5 heteroatoms. The third-order valence-electron chi connectivity index (χ3n) is 3.55. The average molecular weight is 281 g/mol. The van der Waals surface area contributed by atoms with Crippen LogP contribution in [0.25, 0.3) is 0 Å². The molecule has 1 aromatic rings. The molecule has 0 saturated heterocycles. The van der Waals surface area contributed by atoms with E-state index in [0.717, 1.165) is 18.4 Å². The van der Waals surface area contributed by atoms with Crippen molar-refractivity contribution in [3.63, 3.8) is 0 Å². The van der Waals surface area contributed by atoms with Gasteiger partial charge in [-0.1, -0.05) is 31.5 Å². The fourth-order valence-electron chi connectivity index (χ4n) is 2.13. The van der Waals surface area contributed by atoms with Crippen LogP contribution in [0.5, 0.6) is 0 Å². The van der Waals surface area contributed by atoms with Crippen molar-refractivity contribution in [3.8, 4) is 0 Å². The zero-order chi connectivity index (χ0) is 15.1. The molecule has 1 rings (SSSR count). The van der Waals surface area contributed by atoms with Crippen molar-refractivity contribution in [3.05, 3.63) is 35.1 Å². The van der Waals surface area contributed by atoms with E-state index in [2.05, 4.69) is 31.2 Å². The summed E-state index contributed by atoms with van der Waals surface area (Å²) in [7, 11) is 0. The zero-order valence-electron chi connectivity index (χ0n) is 12.4. The molecule has 2 unspecified atom stereocenters. The molecule has 1 aromatic carbocycles. The molecule has 0 amide bonds. The number of hydrogen-bond donors (Lipinski definition) is 3. The van der Waals surface area contributed by atoms with E-state index < -0.39 is 5.82 Å². The molecule has 4 N–H and O–H groups in total. The summed E-state index contributed by atoms with van der Waals surface area (Å²) in [6, 6.07) is 4.68. The first-order valence-electron chi connectivity index (χ1n) is 6.97. The molecular formula is C15H24FN3O. The Hall–Kier alpha value is -1.62. The van der Waals surface area contributed by atoms with Crippen LogP contribution < -0.4 is 11.1 Å². The summed E-state index contributed by atoms with van der Waals surface area (Å²) >= 11 is 0. The Morgan fingerprint density at radius 3 is 2.75 bits per heavy atom. The summed E-state index contributed by atoms with van der Waals surface area (Å²) in [6.07, 6.45) is 2.23. The van der Waals surface area contributed by atoms with Gasteiger partial charge in [0.15, 0.2) is 5.84 Å². The normalized spacial score (nSPS) is 15.1. The maximum Gasteiger partial charge on any atom is 0.170 e. The van der Waals surface area contributed by atoms with E-state index in [1.54, 1.807) is 6.07 Å². The van der Waals surface area contributed by atoms with Crippen molar-refractivity contribution >= 4 is 5.84 Å². The van der Waals surface area contributed by atoms with Gasteiger partial charge in [-0.15, -0.1) is 0 Å². The van der Waals surface area contributed by atoms with E-state index in [1.165, 1.54) is 12.1 Å². The average Bonchev–Trinajstić information content (AvgIpc) is 2.44. The van der Waals surface area contributed by atoms with Crippen molar-refractivity contribution in [2.75, 3.05) is 0 Å². The summed E-state index contributed by atoms with van der Waals surface area (Å²) in [6.45, 7) is 7.08. The lowest BCUT2D eigenvalue weighted by Crippen LogP contribution is -2.28. The minimum atomic E-state index is -0.400. The van der Waals surface area contributed by atoms with E-state index in [-0.39, 0.29) is 5.84 Å². The molecule has 0 aliphatic heterocycles. The van der Waals surface area contributed by atoms with Crippen LogP contribution in [0.4, 0.5) is 4.39 Å². The lowest BCUT2D eigenvalue weighted by Gasteiger charge is -2.18. The highest BCUT2D eigenvalue weighted by Gasteiger charge is 2.11. The highest BCUT2D eigenvalue weighted by molar-refractivity contribution is 5.98. The Morgan fingerprint density at radius 2 is 2.15 bits per heavy atom. The summed E-state index contributed by atoms with van der Waals surface area (Å²) in [5.74, 6) is 0.188. The zero-order valence-corrected chi connectivity index (χ0v) is 12.4. The van der Waals surface area contributed by atoms with Crippen LogP contribution in [0.3, 0.4) is 0 Å². The highest BCUT2D eigenvalue weighted by Crippen LogP contribution is 2.13. The summed E-state index contributed by atoms with van der Waals surface area (Å²) in [4.78, 5) is 0. The minimum absolute atomic E-state index is 0.0733. The van der Waals surface area contributed by atoms with E-state index in [9.17, 15) is 4.39 Å². The molecule has 0 radical (unpaired) electrons. The molecule has 0 aliphatic rings. The van der Waals surface area contributed by atoms with Crippen molar-refractivity contribution < 1.29 is 9.60 Å². The smallest absolute Gasteiger partial charge is 0.170 e. The Labute approximate surface area is 119 Å². The molecule has 0 fully saturated rings. The van der Waals surface area contributed by atoms with Gasteiger partial charge in [0.05, 0.1) is 0 Å². The van der Waals surface area contributed by atoms with Crippen molar-refractivity contribution in [1.82, 2.24) is 5.32 Å². The van der Waals surface area contributed by atoms with Crippen LogP contribution in [-0.4, -0.2) is 17.1 Å². The second-order valence-electron chi connectivity index (χ2n) is 5.32. The quantitative estimate of drug-likeness (QED) is 0.311. The number of nitrogens with two attached hydrogens (primary N) is 1. The number of benzene rings is 1. The van der Waals surface area contributed by atoms with Gasteiger partial charge in [-0.05, 0) is 37.0 Å². The molecule has 0 heterocycles. The number of oxime groups is 1. The standard InChI is InChI=1S/C15H24FN3O/c1-4-10(2)7-11(3)18-9-12-5-6-13(16)8-14(12)15(17)19-20/h5-6,8,10-11,18,20H,4,7,9H2,1-3H3,(H2,17,19). The predicted molar refractivity (Wildman–Crippen MR) is 79.3 cm³/mol. The minimum Gasteiger partial charge on any atom is -0.409 e. The molecule has 4 nitrogen and oxygen atoms in total. The molecular weight excluding hydrogens is 257 g/mol. The molecule has 20 heavy (non-hydrogen) atoms. The van der Waals surface area contributed by atoms with Crippen LogP contribution >= 0.6 is 0 Å². The van der Waals surface area contributed by atoms with Crippen LogP contribution in [0.15, 0.2) is 23.4 Å². The number of nitrogens with one attached hydrogen (secondary N) is 1. The molecule has 0 bridgehead atoms. The summed E-state index contributed by atoms with van der Waals surface area (Å²) in [5, 5.41) is 15.1. The number of rotatable bonds is 7. The van der Waals surface area contributed by atoms with Crippen molar-refractivity contribution in [1.29, 1.82) is 0 Å². The van der Waals surface area contributed by atoms with Gasteiger partial charge in [0.1, 0.15) is 5.82 Å². The van der Waals surface area contributed by atoms with Crippen molar-refractivity contribution in [2.45, 2.75) is 46.2 Å². The SMILES string of the molecule is CCC(C)CC(C)NCc1ccc(F)cc1C(N)=NO. The number of halogens is 1. The van der Waals surface area contributed by atoms with Crippen LogP contribution in [0, 0.1) is 11.7 Å². The first kappa shape index (κ1) is 16.4. The molecule has 112 valence electrons. The van der Waals surface area contributed by atoms with E-state index in [1.807, 2.05) is 0 Å². The van der Waals surface area contributed by atoms with Gasteiger partial charge in [0, 0.05) is 18.2 Å². The van der Waals surface area contributed by atoms with Gasteiger partial charge in [0.25, 0.3) is 0 Å². The number of nitrogens with zero attached hydrogens (tertiary/aromatic N) is 1. The lowest BCUT2D eigenvalue weighted by atomic mass is 10.00. The molecule has 0 spiro atoms. The maximum atomic E-state index is 13.2. The topological polar surface area (TPSA) is 70.6 Å². The molecule has 0 aliphatic carbocycles. The third kappa shape index (κ3) is 4.81. The third-order valence-corrected chi connectivity index (χ3v) is 3.55. The monoisotopic (exact) mass is 281 g/mol. The Morgan fingerprint density at radius 1 is 1.45 bits per heavy atom. The lowest BCUT2D eigenvalue weighted by molar-refractivity contribution is 0.318. The van der Waals surface area contributed by atoms with E-state index in [0.29, 0.717) is 24.1 Å². The van der Waals surface area contributed by atoms with Crippen LogP contribution in [0.1, 0.15) is 44.7 Å². The predicted octanol–water partition coefficient (Wildman–Crippen LogP) is 2.83. The van der Waals surface area contributed by atoms with Gasteiger partial charge < -0.3 is 16.3 Å². The van der Waals surface area contributed by atoms with Gasteiger partial charge in [-0.3, -0.25) is 0 Å². The first-order chi connectivity index (χ1) is 9.47. The molecule has 0 aromatic heterocycles. The van der Waals surface area contributed by atoms with Crippen molar-refractivity contribution in [2.24, 2.45) is 16.8 Å². The summed E-state index contributed by atoms with van der Waals surface area (Å²) in [5.41, 5.74) is 6.82. The Kier molecular flexibility index (Phi) is 6.45. The molecule has 0 saturated carbocycles. The first-order valence-corrected chi connectivity index (χ1v) is 6.97. The van der Waals surface area contributed by atoms with E-state index >= 15 is 0 Å². The highest BCUT2D eigenvalue weighted by atomic mass is 19.1. The van der Waals surface area contributed by atoms with Gasteiger partial charge in [-0.2, -0.15) is 0 Å². The molecule has 2 atom stereocenters. The van der Waals surface area contributed by atoms with Crippen LogP contribution in [-0.2, 0) is 6.54 Å². The van der Waals surface area contributed by atoms with Gasteiger partial charge >= 0.3 is 0 Å².